The fraction of sp³-hybridized carbons (Fsp3) is 0. The summed E-state index contributed by atoms with van der Waals surface area (Å²) in [5, 5.41) is 10.4. The molecule has 2 aromatic rings. The average Bonchev–Trinajstić information content (AvgIpc) is 2.33. The van der Waals surface area contributed by atoms with Gasteiger partial charge in [-0.1, -0.05) is 0 Å². The zero-order chi connectivity index (χ0) is 6.10. The quantitative estimate of drug-likeness (QED) is 0.547. The minimum Gasteiger partial charge on any atom is -0.158 e. The number of rotatable bonds is 0. The highest BCUT2D eigenvalue weighted by Gasteiger charge is 1.91. The van der Waals surface area contributed by atoms with E-state index in [1.165, 1.54) is 0 Å². The topological polar surface area (TPSA) is 25.8 Å². The van der Waals surface area contributed by atoms with E-state index in [0.717, 1.165) is 10.1 Å². The van der Waals surface area contributed by atoms with Gasteiger partial charge in [0, 0.05) is 5.39 Å². The molecule has 1 radical (unpaired) electrons. The van der Waals surface area contributed by atoms with Crippen LogP contribution in [0.3, 0.4) is 0 Å². The van der Waals surface area contributed by atoms with E-state index in [1.54, 1.807) is 17.5 Å². The fourth-order valence-electron chi connectivity index (χ4n) is 0.677. The van der Waals surface area contributed by atoms with Gasteiger partial charge in [-0.05, 0) is 11.4 Å². The summed E-state index contributed by atoms with van der Waals surface area (Å²) in [5.41, 5.74) is 0. The summed E-state index contributed by atoms with van der Waals surface area (Å²) in [7, 11) is 0. The lowest BCUT2D eigenvalue weighted by Crippen LogP contribution is -1.74. The Kier molecular flexibility index (Phi) is 0.960. The van der Waals surface area contributed by atoms with Gasteiger partial charge >= 0.3 is 0 Å². The Morgan fingerprint density at radius 1 is 1.56 bits per heavy atom. The van der Waals surface area contributed by atoms with E-state index in [1.807, 2.05) is 11.4 Å². The Labute approximate surface area is 56.2 Å². The van der Waals surface area contributed by atoms with Gasteiger partial charge in [-0.2, -0.15) is 5.10 Å². The summed E-state index contributed by atoms with van der Waals surface area (Å²) < 4.78 is 1.07. The molecule has 9 heavy (non-hydrogen) atoms. The van der Waals surface area contributed by atoms with Crippen LogP contribution in [0.1, 0.15) is 0 Å². The first-order chi connectivity index (χ1) is 4.47. The van der Waals surface area contributed by atoms with E-state index in [9.17, 15) is 0 Å². The lowest BCUT2D eigenvalue weighted by molar-refractivity contribution is 1.05. The summed E-state index contributed by atoms with van der Waals surface area (Å²) in [6, 6.07) is 2.01. The summed E-state index contributed by atoms with van der Waals surface area (Å²) in [6.45, 7) is 0. The first kappa shape index (κ1) is 4.88. The summed E-state index contributed by atoms with van der Waals surface area (Å²) in [5.74, 6) is 0. The molecule has 2 rings (SSSR count). The zero-order valence-electron chi connectivity index (χ0n) is 4.53. The van der Waals surface area contributed by atoms with E-state index >= 15 is 0 Å². The number of thiophene rings is 1. The van der Waals surface area contributed by atoms with Crippen LogP contribution < -0.4 is 0 Å². The smallest absolute Gasteiger partial charge is 0.132 e. The van der Waals surface area contributed by atoms with Crippen molar-refractivity contribution in [3.63, 3.8) is 0 Å². The van der Waals surface area contributed by atoms with Crippen LogP contribution in [-0.4, -0.2) is 10.2 Å². The maximum atomic E-state index is 3.69. The maximum Gasteiger partial charge on any atom is 0.132 e. The third kappa shape index (κ3) is 0.695. The Morgan fingerprint density at radius 2 is 2.56 bits per heavy atom. The van der Waals surface area contributed by atoms with Gasteiger partial charge in [0.25, 0.3) is 0 Å². The Morgan fingerprint density at radius 3 is 3.44 bits per heavy atom. The largest absolute Gasteiger partial charge is 0.158 e. The summed E-state index contributed by atoms with van der Waals surface area (Å²) in [4.78, 5) is 0. The van der Waals surface area contributed by atoms with E-state index in [4.69, 9.17) is 0 Å². The Balaban J connectivity index is 2.95. The minimum absolute atomic E-state index is 1.07. The summed E-state index contributed by atoms with van der Waals surface area (Å²) in [6.07, 6.45) is 4.53. The molecule has 0 N–H and O–H groups in total. The maximum absolute atomic E-state index is 3.69. The zero-order valence-corrected chi connectivity index (χ0v) is 5.35. The van der Waals surface area contributed by atoms with Gasteiger partial charge in [-0.25, -0.2) is 0 Å². The van der Waals surface area contributed by atoms with Crippen LogP contribution in [0.15, 0.2) is 17.6 Å². The molecule has 2 aromatic heterocycles. The standard InChI is InChI=1S/C6H3N2S/c1-2-9-6-4-8-7-3-5(1)6/h1-3H. The van der Waals surface area contributed by atoms with E-state index in [0.29, 0.717) is 0 Å². The number of fused-ring (bicyclic) bond motifs is 1. The molecule has 2 nitrogen and oxygen atoms in total. The monoisotopic (exact) mass is 135 g/mol. The van der Waals surface area contributed by atoms with Crippen LogP contribution in [0.25, 0.3) is 10.1 Å². The van der Waals surface area contributed by atoms with Crippen molar-refractivity contribution in [2.45, 2.75) is 0 Å². The molecule has 2 heterocycles. The fourth-order valence-corrected chi connectivity index (χ4v) is 1.38. The lowest BCUT2D eigenvalue weighted by atomic mass is 10.4. The third-order valence-electron chi connectivity index (χ3n) is 1.10. The van der Waals surface area contributed by atoms with Crippen molar-refractivity contribution in [2.75, 3.05) is 0 Å². The number of hydrogen-bond donors (Lipinski definition) is 0. The molecule has 0 unspecified atom stereocenters. The van der Waals surface area contributed by atoms with Gasteiger partial charge in [0.2, 0.25) is 0 Å². The third-order valence-corrected chi connectivity index (χ3v) is 1.94. The first-order valence-corrected chi connectivity index (χ1v) is 3.41. The Bertz CT molecular complexity index is 285. The van der Waals surface area contributed by atoms with Crippen molar-refractivity contribution in [2.24, 2.45) is 0 Å². The normalized spacial score (nSPS) is 10.2. The number of aromatic nitrogens is 2. The van der Waals surface area contributed by atoms with Crippen molar-refractivity contribution >= 4 is 21.4 Å². The van der Waals surface area contributed by atoms with E-state index in [2.05, 4.69) is 16.4 Å². The van der Waals surface area contributed by atoms with Crippen LogP contribution in [0.5, 0.6) is 0 Å². The van der Waals surface area contributed by atoms with Gasteiger partial charge in [0.15, 0.2) is 0 Å². The molecule has 0 aliphatic heterocycles. The van der Waals surface area contributed by atoms with E-state index < -0.39 is 0 Å². The van der Waals surface area contributed by atoms with Crippen LogP contribution in [0.2, 0.25) is 0 Å². The average molecular weight is 135 g/mol. The predicted octanol–water partition coefficient (Wildman–Crippen LogP) is 1.49. The molecule has 0 aliphatic carbocycles. The first-order valence-electron chi connectivity index (χ1n) is 2.53. The molecule has 0 atom stereocenters. The van der Waals surface area contributed by atoms with Crippen molar-refractivity contribution in [1.29, 1.82) is 0 Å². The Hall–Kier alpha value is -0.960. The van der Waals surface area contributed by atoms with Gasteiger partial charge in [-0.15, -0.1) is 16.4 Å². The van der Waals surface area contributed by atoms with Crippen molar-refractivity contribution in [3.05, 3.63) is 23.8 Å². The van der Waals surface area contributed by atoms with Gasteiger partial charge < -0.3 is 0 Å². The van der Waals surface area contributed by atoms with Gasteiger partial charge in [0.1, 0.15) is 6.20 Å². The van der Waals surface area contributed by atoms with Gasteiger partial charge in [-0.3, -0.25) is 0 Å². The number of hydrogen-bond acceptors (Lipinski definition) is 3. The van der Waals surface area contributed by atoms with Crippen LogP contribution in [-0.2, 0) is 0 Å². The highest BCUT2D eigenvalue weighted by molar-refractivity contribution is 7.17. The number of nitrogens with zero attached hydrogens (tertiary/aromatic N) is 2. The molecule has 0 spiro atoms. The van der Waals surface area contributed by atoms with Gasteiger partial charge in [0.05, 0.1) is 10.9 Å². The minimum atomic E-state index is 1.07. The lowest BCUT2D eigenvalue weighted by Gasteiger charge is -1.79. The predicted molar refractivity (Wildman–Crippen MR) is 36.3 cm³/mol. The molecule has 0 saturated carbocycles. The molecule has 0 fully saturated rings. The molecule has 43 valence electrons. The molecule has 0 aromatic carbocycles. The highest BCUT2D eigenvalue weighted by Crippen LogP contribution is 2.16. The molecule has 3 heteroatoms. The highest BCUT2D eigenvalue weighted by atomic mass is 32.1. The molecule has 0 amide bonds. The van der Waals surface area contributed by atoms with Crippen molar-refractivity contribution < 1.29 is 0 Å². The van der Waals surface area contributed by atoms with Crippen LogP contribution >= 0.6 is 11.3 Å². The molecule has 0 bridgehead atoms. The molecule has 0 aliphatic rings. The second-order valence-corrected chi connectivity index (χ2v) is 2.58. The molecular formula is C6H3N2S. The van der Waals surface area contributed by atoms with Crippen molar-refractivity contribution in [1.82, 2.24) is 10.2 Å². The molecular weight excluding hydrogens is 132 g/mol. The summed E-state index contributed by atoms with van der Waals surface area (Å²) >= 11 is 1.63. The molecule has 0 saturated heterocycles. The second-order valence-electron chi connectivity index (χ2n) is 1.66. The van der Waals surface area contributed by atoms with Crippen LogP contribution in [0, 0.1) is 6.20 Å². The van der Waals surface area contributed by atoms with Crippen molar-refractivity contribution in [3.8, 4) is 0 Å². The van der Waals surface area contributed by atoms with E-state index in [-0.39, 0.29) is 0 Å². The SMILES string of the molecule is [c]1nncc2ccsc12. The van der Waals surface area contributed by atoms with Crippen LogP contribution in [0.4, 0.5) is 0 Å². The second kappa shape index (κ2) is 1.77.